The fourth-order valence-corrected chi connectivity index (χ4v) is 2.87. The Balaban J connectivity index is 2.06. The molecule has 0 saturated carbocycles. The van der Waals surface area contributed by atoms with Crippen LogP contribution >= 0.6 is 28.1 Å². The van der Waals surface area contributed by atoms with Gasteiger partial charge in [0.25, 0.3) is 0 Å². The van der Waals surface area contributed by atoms with Crippen molar-refractivity contribution in [1.82, 2.24) is 4.90 Å². The third-order valence-corrected chi connectivity index (χ3v) is 4.16. The first kappa shape index (κ1) is 13.8. The zero-order chi connectivity index (χ0) is 13.1. The Labute approximate surface area is 122 Å². The molecule has 0 spiro atoms. The van der Waals surface area contributed by atoms with Gasteiger partial charge in [0.1, 0.15) is 4.99 Å². The first-order chi connectivity index (χ1) is 8.58. The van der Waals surface area contributed by atoms with Gasteiger partial charge in [-0.3, -0.25) is 0 Å². The molecule has 98 valence electrons. The molecule has 1 heterocycles. The first-order valence-corrected chi connectivity index (χ1v) is 7.31. The third kappa shape index (κ3) is 3.22. The van der Waals surface area contributed by atoms with Crippen LogP contribution in [0.1, 0.15) is 18.4 Å². The molecule has 1 unspecified atom stereocenters. The summed E-state index contributed by atoms with van der Waals surface area (Å²) in [4.78, 5) is 2.82. The smallest absolute Gasteiger partial charge is 0.106 e. The van der Waals surface area contributed by atoms with Gasteiger partial charge in [0, 0.05) is 28.3 Å². The molecule has 2 rings (SSSR count). The van der Waals surface area contributed by atoms with E-state index < -0.39 is 0 Å². The minimum atomic E-state index is 0.429. The Morgan fingerprint density at radius 3 is 3.00 bits per heavy atom. The lowest BCUT2D eigenvalue weighted by Gasteiger charge is -2.21. The van der Waals surface area contributed by atoms with Gasteiger partial charge in [-0.1, -0.05) is 28.1 Å². The minimum absolute atomic E-state index is 0.429. The molecule has 1 aromatic carbocycles. The van der Waals surface area contributed by atoms with Gasteiger partial charge in [-0.25, -0.2) is 0 Å². The maximum absolute atomic E-state index is 5.75. The third-order valence-electron chi connectivity index (χ3n) is 3.45. The fourth-order valence-electron chi connectivity index (χ4n) is 2.34. The Bertz CT molecular complexity index is 450. The average Bonchev–Trinajstić information content (AvgIpc) is 2.73. The second-order valence-electron chi connectivity index (χ2n) is 4.71. The SMILES string of the molecule is CN1CCCC1CNc1ccc(Br)cc1C(N)=S. The van der Waals surface area contributed by atoms with Crippen molar-refractivity contribution in [1.29, 1.82) is 0 Å². The number of likely N-dealkylation sites (N-methyl/N-ethyl adjacent to an activating group) is 1. The molecule has 0 radical (unpaired) electrons. The van der Waals surface area contributed by atoms with Gasteiger partial charge in [-0.15, -0.1) is 0 Å². The van der Waals surface area contributed by atoms with Crippen molar-refractivity contribution in [2.45, 2.75) is 18.9 Å². The molecule has 1 atom stereocenters. The molecule has 0 aromatic heterocycles. The summed E-state index contributed by atoms with van der Waals surface area (Å²) >= 11 is 8.53. The van der Waals surface area contributed by atoms with Crippen LogP contribution in [0.2, 0.25) is 0 Å². The van der Waals surface area contributed by atoms with Crippen LogP contribution < -0.4 is 11.1 Å². The number of nitrogens with two attached hydrogens (primary N) is 1. The molecule has 1 aliphatic rings. The normalized spacial score (nSPS) is 20.0. The number of likely N-dealkylation sites (tertiary alicyclic amines) is 1. The van der Waals surface area contributed by atoms with Gasteiger partial charge >= 0.3 is 0 Å². The molecular formula is C13H18BrN3S. The largest absolute Gasteiger partial charge is 0.389 e. The van der Waals surface area contributed by atoms with Crippen molar-refractivity contribution in [3.8, 4) is 0 Å². The van der Waals surface area contributed by atoms with Crippen LogP contribution in [-0.2, 0) is 0 Å². The highest BCUT2D eigenvalue weighted by atomic mass is 79.9. The molecule has 1 saturated heterocycles. The Hall–Kier alpha value is -0.650. The van der Waals surface area contributed by atoms with Crippen LogP contribution in [0.5, 0.6) is 0 Å². The van der Waals surface area contributed by atoms with Crippen LogP contribution in [0.3, 0.4) is 0 Å². The highest BCUT2D eigenvalue weighted by Gasteiger charge is 2.20. The zero-order valence-corrected chi connectivity index (χ0v) is 12.9. The van der Waals surface area contributed by atoms with E-state index in [2.05, 4.69) is 33.2 Å². The fraction of sp³-hybridized carbons (Fsp3) is 0.462. The van der Waals surface area contributed by atoms with E-state index >= 15 is 0 Å². The molecule has 18 heavy (non-hydrogen) atoms. The molecule has 5 heteroatoms. The summed E-state index contributed by atoms with van der Waals surface area (Å²) in [5.74, 6) is 0. The summed E-state index contributed by atoms with van der Waals surface area (Å²) in [6.07, 6.45) is 2.54. The molecule has 1 aromatic rings. The Kier molecular flexibility index (Phi) is 4.59. The van der Waals surface area contributed by atoms with Crippen molar-refractivity contribution < 1.29 is 0 Å². The predicted molar refractivity (Wildman–Crippen MR) is 84.2 cm³/mol. The van der Waals surface area contributed by atoms with Gasteiger partial charge in [0.15, 0.2) is 0 Å². The van der Waals surface area contributed by atoms with Gasteiger partial charge < -0.3 is 16.0 Å². The van der Waals surface area contributed by atoms with E-state index in [1.54, 1.807) is 0 Å². The Morgan fingerprint density at radius 2 is 2.39 bits per heavy atom. The molecule has 0 bridgehead atoms. The van der Waals surface area contributed by atoms with Crippen LogP contribution in [0.4, 0.5) is 5.69 Å². The van der Waals surface area contributed by atoms with Crippen molar-refractivity contribution in [2.24, 2.45) is 5.73 Å². The number of benzene rings is 1. The summed E-state index contributed by atoms with van der Waals surface area (Å²) in [5, 5.41) is 3.46. The summed E-state index contributed by atoms with van der Waals surface area (Å²) in [7, 11) is 2.18. The Morgan fingerprint density at radius 1 is 1.61 bits per heavy atom. The van der Waals surface area contributed by atoms with Crippen LogP contribution in [0, 0.1) is 0 Å². The summed E-state index contributed by atoms with van der Waals surface area (Å²) in [6, 6.07) is 6.59. The van der Waals surface area contributed by atoms with E-state index in [1.807, 2.05) is 18.2 Å². The standard InChI is InChI=1S/C13H18BrN3S/c1-17-6-2-3-10(17)8-16-12-5-4-9(14)7-11(12)13(15)18/h4-5,7,10,16H,2-3,6,8H2,1H3,(H2,15,18). The van der Waals surface area contributed by atoms with Crippen molar-refractivity contribution >= 4 is 38.8 Å². The van der Waals surface area contributed by atoms with E-state index in [1.165, 1.54) is 19.4 Å². The lowest BCUT2D eigenvalue weighted by atomic mass is 10.1. The molecule has 1 aliphatic heterocycles. The lowest BCUT2D eigenvalue weighted by Crippen LogP contribution is -2.32. The molecule has 0 aliphatic carbocycles. The van der Waals surface area contributed by atoms with Crippen molar-refractivity contribution in [3.05, 3.63) is 28.2 Å². The van der Waals surface area contributed by atoms with Gasteiger partial charge in [-0.05, 0) is 44.6 Å². The highest BCUT2D eigenvalue weighted by Crippen LogP contribution is 2.22. The number of nitrogens with one attached hydrogen (secondary N) is 1. The second kappa shape index (κ2) is 5.99. The van der Waals surface area contributed by atoms with Gasteiger partial charge in [0.05, 0.1) is 0 Å². The minimum Gasteiger partial charge on any atom is -0.389 e. The summed E-state index contributed by atoms with van der Waals surface area (Å²) in [6.45, 7) is 2.13. The van der Waals surface area contributed by atoms with E-state index in [-0.39, 0.29) is 0 Å². The molecule has 3 N–H and O–H groups in total. The van der Waals surface area contributed by atoms with Gasteiger partial charge in [-0.2, -0.15) is 0 Å². The van der Waals surface area contributed by atoms with E-state index in [0.717, 1.165) is 22.3 Å². The second-order valence-corrected chi connectivity index (χ2v) is 6.07. The van der Waals surface area contributed by atoms with E-state index in [0.29, 0.717) is 11.0 Å². The number of hydrogen-bond donors (Lipinski definition) is 2. The molecular weight excluding hydrogens is 310 g/mol. The van der Waals surface area contributed by atoms with Crippen LogP contribution in [0.15, 0.2) is 22.7 Å². The van der Waals surface area contributed by atoms with E-state index in [4.69, 9.17) is 18.0 Å². The van der Waals surface area contributed by atoms with Crippen molar-refractivity contribution in [3.63, 3.8) is 0 Å². The number of anilines is 1. The number of rotatable bonds is 4. The lowest BCUT2D eigenvalue weighted by molar-refractivity contribution is 0.322. The van der Waals surface area contributed by atoms with Crippen LogP contribution in [0.25, 0.3) is 0 Å². The highest BCUT2D eigenvalue weighted by molar-refractivity contribution is 9.10. The maximum Gasteiger partial charge on any atom is 0.106 e. The summed E-state index contributed by atoms with van der Waals surface area (Å²) in [5.41, 5.74) is 7.68. The monoisotopic (exact) mass is 327 g/mol. The average molecular weight is 328 g/mol. The topological polar surface area (TPSA) is 41.3 Å². The number of thiocarbonyl (C=S) groups is 1. The van der Waals surface area contributed by atoms with Crippen LogP contribution in [-0.4, -0.2) is 36.1 Å². The number of hydrogen-bond acceptors (Lipinski definition) is 3. The quantitative estimate of drug-likeness (QED) is 0.834. The van der Waals surface area contributed by atoms with Crippen molar-refractivity contribution in [2.75, 3.05) is 25.5 Å². The number of nitrogens with zero attached hydrogens (tertiary/aromatic N) is 1. The predicted octanol–water partition coefficient (Wildman–Crippen LogP) is 2.59. The van der Waals surface area contributed by atoms with Gasteiger partial charge in [0.2, 0.25) is 0 Å². The molecule has 0 amide bonds. The summed E-state index contributed by atoms with van der Waals surface area (Å²) < 4.78 is 0.994. The maximum atomic E-state index is 5.75. The number of halogens is 1. The van der Waals surface area contributed by atoms with E-state index in [9.17, 15) is 0 Å². The molecule has 1 fully saturated rings. The molecule has 3 nitrogen and oxygen atoms in total. The zero-order valence-electron chi connectivity index (χ0n) is 10.4. The first-order valence-electron chi connectivity index (χ1n) is 6.11.